The molecular formula is C21H23NO3. The SMILES string of the molecule is Cc1cc(C)cc(N2C[C@H](C(=O)Oc3cccc(C)c3C)CC2=O)c1. The van der Waals surface area contributed by atoms with Crippen LogP contribution in [0.4, 0.5) is 5.69 Å². The van der Waals surface area contributed by atoms with Crippen LogP contribution in [-0.4, -0.2) is 18.4 Å². The first-order valence-electron chi connectivity index (χ1n) is 8.51. The molecule has 0 saturated carbocycles. The van der Waals surface area contributed by atoms with Crippen molar-refractivity contribution in [2.24, 2.45) is 5.92 Å². The molecule has 0 N–H and O–H groups in total. The van der Waals surface area contributed by atoms with E-state index in [1.165, 1.54) is 0 Å². The Hall–Kier alpha value is -2.62. The standard InChI is InChI=1S/C21H23NO3/c1-13-8-14(2)10-18(9-13)22-12-17(11-20(22)23)21(24)25-19-7-5-6-15(3)16(19)4/h5-10,17H,11-12H2,1-4H3/t17-/m1/s1. The van der Waals surface area contributed by atoms with Gasteiger partial charge < -0.3 is 9.64 Å². The maximum atomic E-state index is 12.5. The van der Waals surface area contributed by atoms with Crippen LogP contribution >= 0.6 is 0 Å². The zero-order valence-electron chi connectivity index (χ0n) is 15.1. The molecule has 0 unspecified atom stereocenters. The van der Waals surface area contributed by atoms with Gasteiger partial charge in [0.05, 0.1) is 5.92 Å². The van der Waals surface area contributed by atoms with Crippen LogP contribution in [0.5, 0.6) is 5.75 Å². The number of amides is 1. The first-order valence-corrected chi connectivity index (χ1v) is 8.51. The molecule has 2 aromatic rings. The fourth-order valence-corrected chi connectivity index (χ4v) is 3.25. The fraction of sp³-hybridized carbons (Fsp3) is 0.333. The number of ether oxygens (including phenoxy) is 1. The minimum atomic E-state index is -0.437. The summed E-state index contributed by atoms with van der Waals surface area (Å²) in [6.45, 7) is 8.28. The molecule has 130 valence electrons. The van der Waals surface area contributed by atoms with Gasteiger partial charge in [-0.25, -0.2) is 0 Å². The summed E-state index contributed by atoms with van der Waals surface area (Å²) in [7, 11) is 0. The first-order chi connectivity index (χ1) is 11.8. The monoisotopic (exact) mass is 337 g/mol. The molecule has 1 aliphatic rings. The van der Waals surface area contributed by atoms with Gasteiger partial charge in [-0.2, -0.15) is 0 Å². The van der Waals surface area contributed by atoms with Gasteiger partial charge in [0.2, 0.25) is 5.91 Å². The molecule has 1 amide bonds. The molecule has 0 aliphatic carbocycles. The number of nitrogens with zero attached hydrogens (tertiary/aromatic N) is 1. The van der Waals surface area contributed by atoms with E-state index < -0.39 is 5.92 Å². The number of esters is 1. The second-order valence-electron chi connectivity index (χ2n) is 6.87. The van der Waals surface area contributed by atoms with Crippen molar-refractivity contribution >= 4 is 17.6 Å². The van der Waals surface area contributed by atoms with Crippen molar-refractivity contribution in [2.75, 3.05) is 11.4 Å². The van der Waals surface area contributed by atoms with Crippen LogP contribution in [0.25, 0.3) is 0 Å². The predicted molar refractivity (Wildman–Crippen MR) is 97.9 cm³/mol. The summed E-state index contributed by atoms with van der Waals surface area (Å²) in [5.74, 6) is -0.239. The molecule has 0 radical (unpaired) electrons. The summed E-state index contributed by atoms with van der Waals surface area (Å²) in [6.07, 6.45) is 0.191. The summed E-state index contributed by atoms with van der Waals surface area (Å²) in [4.78, 5) is 26.6. The Morgan fingerprint density at radius 3 is 2.44 bits per heavy atom. The number of rotatable bonds is 3. The Balaban J connectivity index is 1.75. The highest BCUT2D eigenvalue weighted by Gasteiger charge is 2.36. The molecule has 1 saturated heterocycles. The average molecular weight is 337 g/mol. The number of benzene rings is 2. The molecule has 0 bridgehead atoms. The molecule has 1 atom stereocenters. The van der Waals surface area contributed by atoms with Crippen LogP contribution in [0.1, 0.15) is 28.7 Å². The topological polar surface area (TPSA) is 46.6 Å². The fourth-order valence-electron chi connectivity index (χ4n) is 3.25. The van der Waals surface area contributed by atoms with Gasteiger partial charge >= 0.3 is 5.97 Å². The molecule has 1 aliphatic heterocycles. The van der Waals surface area contributed by atoms with Gasteiger partial charge in [0, 0.05) is 18.7 Å². The lowest BCUT2D eigenvalue weighted by atomic mass is 10.1. The normalized spacial score (nSPS) is 17.0. The highest BCUT2D eigenvalue weighted by Crippen LogP contribution is 2.29. The minimum Gasteiger partial charge on any atom is -0.426 e. The highest BCUT2D eigenvalue weighted by molar-refractivity contribution is 5.99. The summed E-state index contributed by atoms with van der Waals surface area (Å²) >= 11 is 0. The van der Waals surface area contributed by atoms with E-state index in [-0.39, 0.29) is 18.3 Å². The molecule has 1 heterocycles. The number of hydrogen-bond acceptors (Lipinski definition) is 3. The van der Waals surface area contributed by atoms with Gasteiger partial charge in [0.1, 0.15) is 5.75 Å². The Kier molecular flexibility index (Phi) is 4.62. The number of hydrogen-bond donors (Lipinski definition) is 0. The summed E-state index contributed by atoms with van der Waals surface area (Å²) < 4.78 is 5.57. The van der Waals surface area contributed by atoms with E-state index >= 15 is 0 Å². The molecule has 0 spiro atoms. The van der Waals surface area contributed by atoms with Gasteiger partial charge in [-0.3, -0.25) is 9.59 Å². The molecule has 4 nitrogen and oxygen atoms in total. The maximum Gasteiger partial charge on any atom is 0.316 e. The van der Waals surface area contributed by atoms with Crippen LogP contribution in [0, 0.1) is 33.6 Å². The highest BCUT2D eigenvalue weighted by atomic mass is 16.5. The quantitative estimate of drug-likeness (QED) is 0.631. The smallest absolute Gasteiger partial charge is 0.316 e. The van der Waals surface area contributed by atoms with E-state index in [1.807, 2.05) is 52.0 Å². The lowest BCUT2D eigenvalue weighted by Gasteiger charge is -2.18. The van der Waals surface area contributed by atoms with Crippen molar-refractivity contribution in [1.29, 1.82) is 0 Å². The van der Waals surface area contributed by atoms with Crippen molar-refractivity contribution < 1.29 is 14.3 Å². The third kappa shape index (κ3) is 3.58. The molecule has 0 aromatic heterocycles. The van der Waals surface area contributed by atoms with Crippen LogP contribution in [0.3, 0.4) is 0 Å². The van der Waals surface area contributed by atoms with Crippen molar-refractivity contribution in [1.82, 2.24) is 0 Å². The second-order valence-corrected chi connectivity index (χ2v) is 6.87. The Labute approximate surface area is 148 Å². The van der Waals surface area contributed by atoms with E-state index in [2.05, 4.69) is 6.07 Å². The van der Waals surface area contributed by atoms with Gasteiger partial charge in [0.15, 0.2) is 0 Å². The van der Waals surface area contributed by atoms with Crippen LogP contribution in [-0.2, 0) is 9.59 Å². The number of carbonyl (C=O) groups is 2. The molecule has 1 fully saturated rings. The lowest BCUT2D eigenvalue weighted by Crippen LogP contribution is -2.27. The molecule has 25 heavy (non-hydrogen) atoms. The Morgan fingerprint density at radius 1 is 1.08 bits per heavy atom. The largest absolute Gasteiger partial charge is 0.426 e. The summed E-state index contributed by atoms with van der Waals surface area (Å²) in [5.41, 5.74) is 5.08. The minimum absolute atomic E-state index is 0.0343. The Bertz CT molecular complexity index is 821. The lowest BCUT2D eigenvalue weighted by molar-refractivity contribution is -0.139. The molecule has 2 aromatic carbocycles. The van der Waals surface area contributed by atoms with Crippen LogP contribution < -0.4 is 9.64 Å². The third-order valence-electron chi connectivity index (χ3n) is 4.74. The number of aryl methyl sites for hydroxylation is 3. The zero-order chi connectivity index (χ0) is 18.1. The number of carbonyl (C=O) groups excluding carboxylic acids is 2. The van der Waals surface area contributed by atoms with Crippen LogP contribution in [0.15, 0.2) is 36.4 Å². The van der Waals surface area contributed by atoms with Gasteiger partial charge in [0.25, 0.3) is 0 Å². The van der Waals surface area contributed by atoms with Gasteiger partial charge in [-0.05, 0) is 68.1 Å². The predicted octanol–water partition coefficient (Wildman–Crippen LogP) is 3.88. The summed E-state index contributed by atoms with van der Waals surface area (Å²) in [6, 6.07) is 11.7. The Morgan fingerprint density at radius 2 is 1.76 bits per heavy atom. The zero-order valence-corrected chi connectivity index (χ0v) is 15.1. The van der Waals surface area contributed by atoms with E-state index in [0.29, 0.717) is 12.3 Å². The van der Waals surface area contributed by atoms with E-state index in [9.17, 15) is 9.59 Å². The third-order valence-corrected chi connectivity index (χ3v) is 4.74. The molecule has 3 rings (SSSR count). The van der Waals surface area contributed by atoms with Gasteiger partial charge in [-0.15, -0.1) is 0 Å². The second kappa shape index (κ2) is 6.71. The number of anilines is 1. The van der Waals surface area contributed by atoms with Crippen molar-refractivity contribution in [3.05, 3.63) is 58.7 Å². The molecule has 4 heteroatoms. The van der Waals surface area contributed by atoms with Crippen molar-refractivity contribution in [2.45, 2.75) is 34.1 Å². The van der Waals surface area contributed by atoms with Crippen molar-refractivity contribution in [3.8, 4) is 5.75 Å². The van der Waals surface area contributed by atoms with Crippen molar-refractivity contribution in [3.63, 3.8) is 0 Å². The molecular weight excluding hydrogens is 314 g/mol. The summed E-state index contributed by atoms with van der Waals surface area (Å²) in [5, 5.41) is 0. The van der Waals surface area contributed by atoms with E-state index in [1.54, 1.807) is 11.0 Å². The van der Waals surface area contributed by atoms with Gasteiger partial charge in [-0.1, -0.05) is 18.2 Å². The first kappa shape index (κ1) is 17.2. The average Bonchev–Trinajstić information content (AvgIpc) is 2.93. The van der Waals surface area contributed by atoms with E-state index in [0.717, 1.165) is 27.9 Å². The van der Waals surface area contributed by atoms with Crippen LogP contribution in [0.2, 0.25) is 0 Å². The maximum absolute atomic E-state index is 12.5. The van der Waals surface area contributed by atoms with E-state index in [4.69, 9.17) is 4.74 Å².